The fourth-order valence-electron chi connectivity index (χ4n) is 2.72. The lowest BCUT2D eigenvalue weighted by atomic mass is 9.84. The van der Waals surface area contributed by atoms with E-state index < -0.39 is 12.7 Å². The van der Waals surface area contributed by atoms with Crippen LogP contribution in [0, 0.1) is 5.41 Å². The highest BCUT2D eigenvalue weighted by Crippen LogP contribution is 2.26. The first-order chi connectivity index (χ1) is 9.26. The fourth-order valence-corrected chi connectivity index (χ4v) is 2.72. The van der Waals surface area contributed by atoms with Crippen LogP contribution in [0.4, 0.5) is 13.2 Å². The summed E-state index contributed by atoms with van der Waals surface area (Å²) in [6, 6.07) is 0. The molecular formula is C15H31F3N2. The molecule has 20 heavy (non-hydrogen) atoms. The van der Waals surface area contributed by atoms with Gasteiger partial charge in [0.2, 0.25) is 0 Å². The summed E-state index contributed by atoms with van der Waals surface area (Å²) in [5.74, 6) is 0. The van der Waals surface area contributed by atoms with Crippen molar-refractivity contribution >= 4 is 0 Å². The normalized spacial score (nSPS) is 15.6. The third-order valence-electron chi connectivity index (χ3n) is 3.38. The standard InChI is InChI=1S/C15H31F3N2/c1-5-8-14(4,11-19-9-6-2)12-20(10-7-3)13-15(16,17)18/h19H,5-13H2,1-4H3. The summed E-state index contributed by atoms with van der Waals surface area (Å²) in [4.78, 5) is 1.56. The molecule has 5 heteroatoms. The second kappa shape index (κ2) is 9.61. The number of alkyl halides is 3. The molecule has 0 saturated heterocycles. The maximum atomic E-state index is 12.6. The van der Waals surface area contributed by atoms with Gasteiger partial charge in [-0.3, -0.25) is 4.90 Å². The predicted octanol–water partition coefficient (Wildman–Crippen LogP) is 4.07. The van der Waals surface area contributed by atoms with Crippen molar-refractivity contribution in [2.24, 2.45) is 5.41 Å². The van der Waals surface area contributed by atoms with E-state index in [1.54, 1.807) is 4.90 Å². The molecule has 0 rings (SSSR count). The molecule has 0 aromatic rings. The second-order valence-electron chi connectivity index (χ2n) is 6.06. The molecule has 2 nitrogen and oxygen atoms in total. The molecule has 0 aromatic heterocycles. The number of nitrogens with zero attached hydrogens (tertiary/aromatic N) is 1. The molecule has 0 aliphatic heterocycles. The third-order valence-corrected chi connectivity index (χ3v) is 3.38. The van der Waals surface area contributed by atoms with Gasteiger partial charge in [-0.1, -0.05) is 34.1 Å². The Kier molecular flexibility index (Phi) is 9.47. The smallest absolute Gasteiger partial charge is 0.316 e. The molecule has 0 heterocycles. The van der Waals surface area contributed by atoms with E-state index in [1.165, 1.54) is 0 Å². The number of nitrogens with one attached hydrogen (secondary N) is 1. The van der Waals surface area contributed by atoms with Crippen molar-refractivity contribution in [3.05, 3.63) is 0 Å². The van der Waals surface area contributed by atoms with E-state index in [2.05, 4.69) is 26.1 Å². The lowest BCUT2D eigenvalue weighted by molar-refractivity contribution is -0.149. The number of halogens is 3. The summed E-state index contributed by atoms with van der Waals surface area (Å²) in [7, 11) is 0. The van der Waals surface area contributed by atoms with Crippen molar-refractivity contribution in [2.45, 2.75) is 59.6 Å². The molecular weight excluding hydrogens is 265 g/mol. The van der Waals surface area contributed by atoms with Crippen LogP contribution in [-0.4, -0.2) is 43.8 Å². The first-order valence-electron chi connectivity index (χ1n) is 7.76. The topological polar surface area (TPSA) is 15.3 Å². The molecule has 1 unspecified atom stereocenters. The van der Waals surface area contributed by atoms with Gasteiger partial charge in [-0.25, -0.2) is 0 Å². The van der Waals surface area contributed by atoms with E-state index in [1.807, 2.05) is 6.92 Å². The monoisotopic (exact) mass is 296 g/mol. The van der Waals surface area contributed by atoms with E-state index >= 15 is 0 Å². The van der Waals surface area contributed by atoms with Crippen LogP contribution in [0.5, 0.6) is 0 Å². The summed E-state index contributed by atoms with van der Waals surface area (Å²) >= 11 is 0. The van der Waals surface area contributed by atoms with Crippen LogP contribution >= 0.6 is 0 Å². The summed E-state index contributed by atoms with van der Waals surface area (Å²) in [6.07, 6.45) is -0.374. The molecule has 1 atom stereocenters. The van der Waals surface area contributed by atoms with Gasteiger partial charge in [-0.05, 0) is 37.8 Å². The lowest BCUT2D eigenvalue weighted by Crippen LogP contribution is -2.45. The maximum absolute atomic E-state index is 12.6. The van der Waals surface area contributed by atoms with Crippen molar-refractivity contribution < 1.29 is 13.2 Å². The molecule has 0 bridgehead atoms. The second-order valence-corrected chi connectivity index (χ2v) is 6.06. The Morgan fingerprint density at radius 2 is 1.60 bits per heavy atom. The number of rotatable bonds is 11. The zero-order chi connectivity index (χ0) is 15.6. The SMILES string of the molecule is CCCNCC(C)(CCC)CN(CCC)CC(F)(F)F. The third kappa shape index (κ3) is 9.59. The molecule has 0 saturated carbocycles. The zero-order valence-corrected chi connectivity index (χ0v) is 13.4. The molecule has 1 N–H and O–H groups in total. The number of hydrogen-bond acceptors (Lipinski definition) is 2. The highest BCUT2D eigenvalue weighted by atomic mass is 19.4. The van der Waals surface area contributed by atoms with Crippen LogP contribution in [0.3, 0.4) is 0 Å². The van der Waals surface area contributed by atoms with Crippen molar-refractivity contribution in [2.75, 3.05) is 32.7 Å². The Morgan fingerprint density at radius 3 is 2.05 bits per heavy atom. The highest BCUT2D eigenvalue weighted by Gasteiger charge is 2.34. The van der Waals surface area contributed by atoms with E-state index in [-0.39, 0.29) is 5.41 Å². The van der Waals surface area contributed by atoms with Crippen molar-refractivity contribution in [1.82, 2.24) is 10.2 Å². The van der Waals surface area contributed by atoms with Crippen LogP contribution in [0.15, 0.2) is 0 Å². The lowest BCUT2D eigenvalue weighted by Gasteiger charge is -2.36. The minimum Gasteiger partial charge on any atom is -0.316 e. The molecule has 0 radical (unpaired) electrons. The molecule has 0 fully saturated rings. The van der Waals surface area contributed by atoms with Gasteiger partial charge in [0, 0.05) is 13.1 Å². The molecule has 122 valence electrons. The first-order valence-corrected chi connectivity index (χ1v) is 7.76. The van der Waals surface area contributed by atoms with E-state index in [0.717, 1.165) is 38.8 Å². The molecule has 0 spiro atoms. The van der Waals surface area contributed by atoms with Crippen LogP contribution in [0.1, 0.15) is 53.4 Å². The minimum atomic E-state index is -4.11. The average Bonchev–Trinajstić information content (AvgIpc) is 2.27. The Hall–Kier alpha value is -0.290. The summed E-state index contributed by atoms with van der Waals surface area (Å²) in [5, 5.41) is 3.36. The predicted molar refractivity (Wildman–Crippen MR) is 79.0 cm³/mol. The van der Waals surface area contributed by atoms with Crippen LogP contribution in [-0.2, 0) is 0 Å². The summed E-state index contributed by atoms with van der Waals surface area (Å²) < 4.78 is 37.9. The Morgan fingerprint density at radius 1 is 0.950 bits per heavy atom. The van der Waals surface area contributed by atoms with E-state index in [9.17, 15) is 13.2 Å². The van der Waals surface area contributed by atoms with E-state index in [0.29, 0.717) is 13.1 Å². The van der Waals surface area contributed by atoms with Gasteiger partial charge in [-0.15, -0.1) is 0 Å². The summed E-state index contributed by atoms with van der Waals surface area (Å²) in [6.45, 7) is 10.1. The molecule has 0 amide bonds. The van der Waals surface area contributed by atoms with Gasteiger partial charge in [0.05, 0.1) is 6.54 Å². The summed E-state index contributed by atoms with van der Waals surface area (Å²) in [5.41, 5.74) is -0.0929. The van der Waals surface area contributed by atoms with Gasteiger partial charge in [0.15, 0.2) is 0 Å². The maximum Gasteiger partial charge on any atom is 0.401 e. The van der Waals surface area contributed by atoms with Gasteiger partial charge < -0.3 is 5.32 Å². The fraction of sp³-hybridized carbons (Fsp3) is 1.00. The van der Waals surface area contributed by atoms with Crippen LogP contribution < -0.4 is 5.32 Å². The zero-order valence-electron chi connectivity index (χ0n) is 13.4. The van der Waals surface area contributed by atoms with Crippen LogP contribution in [0.25, 0.3) is 0 Å². The van der Waals surface area contributed by atoms with Crippen molar-refractivity contribution in [3.8, 4) is 0 Å². The molecule has 0 aliphatic rings. The molecule has 0 aliphatic carbocycles. The highest BCUT2D eigenvalue weighted by molar-refractivity contribution is 4.81. The first kappa shape index (κ1) is 19.7. The largest absolute Gasteiger partial charge is 0.401 e. The minimum absolute atomic E-state index is 0.0929. The van der Waals surface area contributed by atoms with Gasteiger partial charge >= 0.3 is 6.18 Å². The van der Waals surface area contributed by atoms with E-state index in [4.69, 9.17) is 0 Å². The quantitative estimate of drug-likeness (QED) is 0.578. The Bertz CT molecular complexity index is 244. The molecule has 0 aromatic carbocycles. The number of hydrogen-bond donors (Lipinski definition) is 1. The van der Waals surface area contributed by atoms with Crippen molar-refractivity contribution in [1.29, 1.82) is 0 Å². The Balaban J connectivity index is 4.61. The average molecular weight is 296 g/mol. The van der Waals surface area contributed by atoms with Gasteiger partial charge in [-0.2, -0.15) is 13.2 Å². The van der Waals surface area contributed by atoms with Gasteiger partial charge in [0.25, 0.3) is 0 Å². The van der Waals surface area contributed by atoms with Crippen molar-refractivity contribution in [3.63, 3.8) is 0 Å². The Labute approximate surface area is 122 Å². The van der Waals surface area contributed by atoms with Crippen LogP contribution in [0.2, 0.25) is 0 Å². The van der Waals surface area contributed by atoms with Gasteiger partial charge in [0.1, 0.15) is 0 Å².